The minimum Gasteiger partial charge on any atom is -0.481 e. The van der Waals surface area contributed by atoms with Crippen LogP contribution in [-0.2, 0) is 4.79 Å². The van der Waals surface area contributed by atoms with Crippen molar-refractivity contribution < 1.29 is 9.90 Å². The molecule has 0 radical (unpaired) electrons. The van der Waals surface area contributed by atoms with E-state index < -0.39 is 5.97 Å². The lowest BCUT2D eigenvalue weighted by Gasteiger charge is -2.32. The van der Waals surface area contributed by atoms with Gasteiger partial charge >= 0.3 is 5.97 Å². The average Bonchev–Trinajstić information content (AvgIpc) is 2.49. The molecule has 2 atom stereocenters. The highest BCUT2D eigenvalue weighted by molar-refractivity contribution is 5.66. The molecule has 4 rings (SSSR count). The monoisotopic (exact) mass is 194 g/mol. The van der Waals surface area contributed by atoms with Gasteiger partial charge in [0.1, 0.15) is 0 Å². The predicted molar refractivity (Wildman–Crippen MR) is 52.9 cm³/mol. The third kappa shape index (κ3) is 1.12. The molecule has 0 saturated heterocycles. The van der Waals surface area contributed by atoms with Crippen LogP contribution in [0, 0.1) is 23.2 Å². The summed E-state index contributed by atoms with van der Waals surface area (Å²) in [5.41, 5.74) is 0.478. The standard InChI is InChI=1S/C12H18O2/c13-11(14)1-2-12-6-8-3-9(7-12)5-10(12)4-8/h8-10H,1-7H2,(H,13,14). The molecule has 4 bridgehead atoms. The third-order valence-electron chi connectivity index (χ3n) is 5.00. The van der Waals surface area contributed by atoms with Gasteiger partial charge in [0.15, 0.2) is 0 Å². The zero-order valence-electron chi connectivity index (χ0n) is 8.54. The molecule has 0 aromatic heterocycles. The van der Waals surface area contributed by atoms with Crippen molar-refractivity contribution in [1.29, 1.82) is 0 Å². The van der Waals surface area contributed by atoms with Gasteiger partial charge in [-0.2, -0.15) is 0 Å². The average molecular weight is 194 g/mol. The minimum atomic E-state index is -0.606. The van der Waals surface area contributed by atoms with Gasteiger partial charge in [-0.15, -0.1) is 0 Å². The van der Waals surface area contributed by atoms with Crippen molar-refractivity contribution >= 4 is 5.97 Å². The maximum absolute atomic E-state index is 10.6. The highest BCUT2D eigenvalue weighted by Crippen LogP contribution is 2.66. The van der Waals surface area contributed by atoms with Crippen molar-refractivity contribution in [1.82, 2.24) is 0 Å². The first-order valence-electron chi connectivity index (χ1n) is 5.90. The number of hydrogen-bond donors (Lipinski definition) is 1. The van der Waals surface area contributed by atoms with E-state index in [0.29, 0.717) is 11.8 Å². The van der Waals surface area contributed by atoms with Crippen molar-refractivity contribution in [3.05, 3.63) is 0 Å². The summed E-state index contributed by atoms with van der Waals surface area (Å²) in [6.45, 7) is 0. The fraction of sp³-hybridized carbons (Fsp3) is 0.917. The molecule has 4 aliphatic carbocycles. The van der Waals surface area contributed by atoms with Gasteiger partial charge in [0.25, 0.3) is 0 Å². The zero-order valence-corrected chi connectivity index (χ0v) is 8.54. The fourth-order valence-corrected chi connectivity index (χ4v) is 4.73. The molecule has 0 amide bonds. The van der Waals surface area contributed by atoms with Crippen LogP contribution in [0.1, 0.15) is 44.9 Å². The van der Waals surface area contributed by atoms with Gasteiger partial charge in [-0.1, -0.05) is 0 Å². The molecule has 0 aromatic rings. The van der Waals surface area contributed by atoms with Crippen molar-refractivity contribution in [2.45, 2.75) is 44.9 Å². The lowest BCUT2D eigenvalue weighted by Crippen LogP contribution is -2.23. The van der Waals surface area contributed by atoms with E-state index in [-0.39, 0.29) is 0 Å². The zero-order chi connectivity index (χ0) is 9.76. The van der Waals surface area contributed by atoms with Crippen LogP contribution in [0.25, 0.3) is 0 Å². The van der Waals surface area contributed by atoms with Crippen LogP contribution in [0.15, 0.2) is 0 Å². The lowest BCUT2D eigenvalue weighted by atomic mass is 9.73. The van der Waals surface area contributed by atoms with Crippen LogP contribution in [0.4, 0.5) is 0 Å². The Morgan fingerprint density at radius 1 is 1.21 bits per heavy atom. The Kier molecular flexibility index (Phi) is 1.71. The van der Waals surface area contributed by atoms with E-state index in [2.05, 4.69) is 0 Å². The smallest absolute Gasteiger partial charge is 0.303 e. The Bertz CT molecular complexity index is 257. The number of rotatable bonds is 3. The first-order valence-corrected chi connectivity index (χ1v) is 5.90. The number of carbonyl (C=O) groups is 1. The van der Waals surface area contributed by atoms with Crippen LogP contribution in [0.3, 0.4) is 0 Å². The quantitative estimate of drug-likeness (QED) is 0.750. The van der Waals surface area contributed by atoms with Crippen LogP contribution >= 0.6 is 0 Å². The van der Waals surface area contributed by atoms with Gasteiger partial charge in [-0.3, -0.25) is 4.79 Å². The molecular formula is C12H18O2. The summed E-state index contributed by atoms with van der Waals surface area (Å²) in [6, 6.07) is 0. The van der Waals surface area contributed by atoms with E-state index in [1.165, 1.54) is 32.1 Å². The number of carboxylic acids is 1. The number of hydrogen-bond acceptors (Lipinski definition) is 1. The second-order valence-corrected chi connectivity index (χ2v) is 5.80. The minimum absolute atomic E-state index is 0.399. The molecule has 0 heterocycles. The SMILES string of the molecule is O=C(O)CCC12CC3CC(CC1C3)C2. The van der Waals surface area contributed by atoms with Gasteiger partial charge in [0.2, 0.25) is 0 Å². The molecule has 4 aliphatic rings. The number of aliphatic carboxylic acids is 1. The van der Waals surface area contributed by atoms with Gasteiger partial charge in [-0.05, 0) is 61.7 Å². The highest BCUT2D eigenvalue weighted by atomic mass is 16.4. The topological polar surface area (TPSA) is 37.3 Å². The molecule has 0 aromatic carbocycles. The summed E-state index contributed by atoms with van der Waals surface area (Å²) < 4.78 is 0. The second-order valence-electron chi connectivity index (χ2n) is 5.80. The van der Waals surface area contributed by atoms with E-state index in [9.17, 15) is 4.79 Å². The second kappa shape index (κ2) is 2.74. The third-order valence-corrected chi connectivity index (χ3v) is 5.00. The van der Waals surface area contributed by atoms with E-state index in [0.717, 1.165) is 24.2 Å². The molecule has 14 heavy (non-hydrogen) atoms. The van der Waals surface area contributed by atoms with Gasteiger partial charge in [0.05, 0.1) is 0 Å². The van der Waals surface area contributed by atoms with Crippen molar-refractivity contribution in [3.63, 3.8) is 0 Å². The van der Waals surface area contributed by atoms with E-state index in [1.807, 2.05) is 0 Å². The van der Waals surface area contributed by atoms with Crippen molar-refractivity contribution in [2.24, 2.45) is 23.2 Å². The summed E-state index contributed by atoms with van der Waals surface area (Å²) in [5, 5.41) is 8.77. The van der Waals surface area contributed by atoms with E-state index in [4.69, 9.17) is 5.11 Å². The van der Waals surface area contributed by atoms with Crippen LogP contribution in [0.2, 0.25) is 0 Å². The predicted octanol–water partition coefficient (Wildman–Crippen LogP) is 2.68. The van der Waals surface area contributed by atoms with Crippen LogP contribution in [-0.4, -0.2) is 11.1 Å². The van der Waals surface area contributed by atoms with Crippen LogP contribution in [0.5, 0.6) is 0 Å². The molecule has 0 aliphatic heterocycles. The lowest BCUT2D eigenvalue weighted by molar-refractivity contribution is -0.137. The molecule has 0 spiro atoms. The van der Waals surface area contributed by atoms with Gasteiger partial charge < -0.3 is 5.11 Å². The molecule has 4 fully saturated rings. The van der Waals surface area contributed by atoms with E-state index in [1.54, 1.807) is 0 Å². The molecule has 2 heteroatoms. The summed E-state index contributed by atoms with van der Waals surface area (Å²) in [6.07, 6.45) is 8.33. The fourth-order valence-electron chi connectivity index (χ4n) is 4.73. The molecule has 1 N–H and O–H groups in total. The maximum Gasteiger partial charge on any atom is 0.303 e. The van der Waals surface area contributed by atoms with Crippen LogP contribution < -0.4 is 0 Å². The Labute approximate surface area is 84.7 Å². The van der Waals surface area contributed by atoms with Gasteiger partial charge in [0, 0.05) is 6.42 Å². The first kappa shape index (κ1) is 8.75. The summed E-state index contributed by atoms with van der Waals surface area (Å²) >= 11 is 0. The van der Waals surface area contributed by atoms with Crippen molar-refractivity contribution in [2.75, 3.05) is 0 Å². The largest absolute Gasteiger partial charge is 0.481 e. The highest BCUT2D eigenvalue weighted by Gasteiger charge is 2.56. The molecule has 4 saturated carbocycles. The Balaban J connectivity index is 1.74. The molecular weight excluding hydrogens is 176 g/mol. The van der Waals surface area contributed by atoms with Crippen molar-refractivity contribution in [3.8, 4) is 0 Å². The Morgan fingerprint density at radius 2 is 1.86 bits per heavy atom. The van der Waals surface area contributed by atoms with E-state index >= 15 is 0 Å². The molecule has 2 unspecified atom stereocenters. The summed E-state index contributed by atoms with van der Waals surface area (Å²) in [5.74, 6) is 2.21. The Hall–Kier alpha value is -0.530. The number of carboxylic acid groups (broad SMARTS) is 1. The normalized spacial score (nSPS) is 48.7. The summed E-state index contributed by atoms with van der Waals surface area (Å²) in [7, 11) is 0. The first-order chi connectivity index (χ1) is 6.68. The molecule has 2 nitrogen and oxygen atoms in total. The van der Waals surface area contributed by atoms with Gasteiger partial charge in [-0.25, -0.2) is 0 Å². The maximum atomic E-state index is 10.6. The summed E-state index contributed by atoms with van der Waals surface area (Å²) in [4.78, 5) is 10.6. The molecule has 78 valence electrons. The Morgan fingerprint density at radius 3 is 2.43 bits per heavy atom.